The lowest BCUT2D eigenvalue weighted by Gasteiger charge is -2.11. The first kappa shape index (κ1) is 13.4. The van der Waals surface area contributed by atoms with Crippen LogP contribution in [0.1, 0.15) is 11.4 Å². The predicted octanol–water partition coefficient (Wildman–Crippen LogP) is 1.51. The summed E-state index contributed by atoms with van der Waals surface area (Å²) >= 11 is 0. The first-order chi connectivity index (χ1) is 9.24. The maximum absolute atomic E-state index is 5.74. The molecule has 0 saturated heterocycles. The van der Waals surface area contributed by atoms with E-state index in [1.165, 1.54) is 0 Å². The van der Waals surface area contributed by atoms with E-state index in [4.69, 9.17) is 15.2 Å². The average molecular weight is 261 g/mol. The van der Waals surface area contributed by atoms with Gasteiger partial charge < -0.3 is 19.8 Å². The van der Waals surface area contributed by atoms with Crippen molar-refractivity contribution in [2.24, 2.45) is 12.8 Å². The number of methoxy groups -OCH3 is 1. The van der Waals surface area contributed by atoms with Gasteiger partial charge in [-0.2, -0.15) is 0 Å². The van der Waals surface area contributed by atoms with E-state index in [9.17, 15) is 0 Å². The predicted molar refractivity (Wildman–Crippen MR) is 73.3 cm³/mol. The van der Waals surface area contributed by atoms with Crippen LogP contribution >= 0.6 is 0 Å². The molecule has 0 saturated carbocycles. The van der Waals surface area contributed by atoms with Crippen LogP contribution in [0.4, 0.5) is 0 Å². The van der Waals surface area contributed by atoms with Crippen molar-refractivity contribution < 1.29 is 9.47 Å². The molecule has 0 radical (unpaired) electrons. The zero-order valence-corrected chi connectivity index (χ0v) is 11.3. The maximum atomic E-state index is 5.74. The van der Waals surface area contributed by atoms with E-state index < -0.39 is 0 Å². The first-order valence-electron chi connectivity index (χ1n) is 6.20. The highest BCUT2D eigenvalue weighted by Crippen LogP contribution is 2.27. The Bertz CT molecular complexity index is 537. The highest BCUT2D eigenvalue weighted by atomic mass is 16.5. The number of rotatable bonds is 6. The number of hydrogen-bond donors (Lipinski definition) is 1. The minimum absolute atomic E-state index is 0.490. The molecule has 5 heteroatoms. The van der Waals surface area contributed by atoms with E-state index in [1.54, 1.807) is 13.3 Å². The van der Waals surface area contributed by atoms with Crippen LogP contribution in [0.3, 0.4) is 0 Å². The normalized spacial score (nSPS) is 10.5. The molecule has 0 spiro atoms. The topological polar surface area (TPSA) is 62.3 Å². The molecule has 0 unspecified atom stereocenters. The lowest BCUT2D eigenvalue weighted by atomic mass is 10.2. The molecule has 1 aromatic heterocycles. The number of imidazole rings is 1. The number of hydrogen-bond acceptors (Lipinski definition) is 4. The summed E-state index contributed by atoms with van der Waals surface area (Å²) in [6.07, 6.45) is 4.46. The molecule has 0 bridgehead atoms. The third kappa shape index (κ3) is 3.26. The summed E-state index contributed by atoms with van der Waals surface area (Å²) in [5, 5.41) is 0. The zero-order chi connectivity index (χ0) is 13.7. The fourth-order valence-corrected chi connectivity index (χ4v) is 1.85. The molecule has 2 rings (SSSR count). The molecular formula is C14H19N3O2. The van der Waals surface area contributed by atoms with Crippen LogP contribution in [-0.2, 0) is 20.0 Å². The van der Waals surface area contributed by atoms with Gasteiger partial charge in [-0.3, -0.25) is 0 Å². The lowest BCUT2D eigenvalue weighted by Crippen LogP contribution is -2.07. The molecule has 0 amide bonds. The van der Waals surface area contributed by atoms with Crippen molar-refractivity contribution in [1.29, 1.82) is 0 Å². The molecule has 2 N–H and O–H groups in total. The standard InChI is InChI=1S/C14H19N3O2/c1-17-7-6-16-14(17)5-8-19-12-4-3-11(10-15)9-13(12)18-2/h3-4,6-7,9H,5,8,10,15H2,1-2H3. The van der Waals surface area contributed by atoms with Crippen molar-refractivity contribution in [2.75, 3.05) is 13.7 Å². The van der Waals surface area contributed by atoms with E-state index >= 15 is 0 Å². The van der Waals surface area contributed by atoms with Crippen molar-refractivity contribution in [1.82, 2.24) is 9.55 Å². The number of aromatic nitrogens is 2. The quantitative estimate of drug-likeness (QED) is 0.856. The van der Waals surface area contributed by atoms with E-state index in [1.807, 2.05) is 36.0 Å². The Hall–Kier alpha value is -2.01. The van der Waals surface area contributed by atoms with Gasteiger partial charge in [0.25, 0.3) is 0 Å². The van der Waals surface area contributed by atoms with Crippen molar-refractivity contribution >= 4 is 0 Å². The molecule has 0 aliphatic heterocycles. The fraction of sp³-hybridized carbons (Fsp3) is 0.357. The van der Waals surface area contributed by atoms with Crippen LogP contribution in [-0.4, -0.2) is 23.3 Å². The van der Waals surface area contributed by atoms with Crippen molar-refractivity contribution in [3.05, 3.63) is 42.0 Å². The second kappa shape index (κ2) is 6.24. The molecule has 0 aliphatic carbocycles. The highest BCUT2D eigenvalue weighted by molar-refractivity contribution is 5.42. The summed E-state index contributed by atoms with van der Waals surface area (Å²) in [4.78, 5) is 4.25. The molecule has 5 nitrogen and oxygen atoms in total. The van der Waals surface area contributed by atoms with Gasteiger partial charge in [-0.05, 0) is 17.7 Å². The van der Waals surface area contributed by atoms with Gasteiger partial charge in [0.1, 0.15) is 5.82 Å². The molecule has 1 heterocycles. The summed E-state index contributed by atoms with van der Waals surface area (Å²) in [6.45, 7) is 1.05. The Morgan fingerprint density at radius 1 is 1.32 bits per heavy atom. The SMILES string of the molecule is COc1cc(CN)ccc1OCCc1nccn1C. The van der Waals surface area contributed by atoms with Gasteiger partial charge in [0.05, 0.1) is 13.7 Å². The van der Waals surface area contributed by atoms with Crippen LogP contribution < -0.4 is 15.2 Å². The van der Waals surface area contributed by atoms with Gasteiger partial charge >= 0.3 is 0 Å². The molecule has 1 aromatic carbocycles. The third-order valence-electron chi connectivity index (χ3n) is 2.97. The Morgan fingerprint density at radius 2 is 2.16 bits per heavy atom. The van der Waals surface area contributed by atoms with Crippen molar-refractivity contribution in [3.63, 3.8) is 0 Å². The zero-order valence-electron chi connectivity index (χ0n) is 11.3. The lowest BCUT2D eigenvalue weighted by molar-refractivity contribution is 0.294. The summed E-state index contributed by atoms with van der Waals surface area (Å²) in [7, 11) is 3.60. The Balaban J connectivity index is 1.97. The number of ether oxygens (including phenoxy) is 2. The maximum Gasteiger partial charge on any atom is 0.161 e. The van der Waals surface area contributed by atoms with E-state index in [0.717, 1.165) is 23.6 Å². The average Bonchev–Trinajstić information content (AvgIpc) is 2.84. The summed E-state index contributed by atoms with van der Waals surface area (Å²) in [5.74, 6) is 2.44. The molecule has 2 aromatic rings. The minimum Gasteiger partial charge on any atom is -0.493 e. The fourth-order valence-electron chi connectivity index (χ4n) is 1.85. The highest BCUT2D eigenvalue weighted by Gasteiger charge is 2.06. The summed E-state index contributed by atoms with van der Waals surface area (Å²) in [6, 6.07) is 5.73. The number of nitrogens with two attached hydrogens (primary N) is 1. The van der Waals surface area contributed by atoms with E-state index in [-0.39, 0.29) is 0 Å². The van der Waals surface area contributed by atoms with Crippen LogP contribution in [0.25, 0.3) is 0 Å². The monoisotopic (exact) mass is 261 g/mol. The van der Waals surface area contributed by atoms with Gasteiger partial charge in [-0.15, -0.1) is 0 Å². The second-order valence-corrected chi connectivity index (χ2v) is 4.24. The Labute approximate surface area is 113 Å². The van der Waals surface area contributed by atoms with Crippen LogP contribution in [0.15, 0.2) is 30.6 Å². The first-order valence-corrected chi connectivity index (χ1v) is 6.20. The van der Waals surface area contributed by atoms with E-state index in [0.29, 0.717) is 18.9 Å². The van der Waals surface area contributed by atoms with Crippen LogP contribution in [0, 0.1) is 0 Å². The van der Waals surface area contributed by atoms with Crippen LogP contribution in [0.5, 0.6) is 11.5 Å². The third-order valence-corrected chi connectivity index (χ3v) is 2.97. The molecule has 0 fully saturated rings. The van der Waals surface area contributed by atoms with E-state index in [2.05, 4.69) is 4.98 Å². The summed E-state index contributed by atoms with van der Waals surface area (Å²) < 4.78 is 13.0. The van der Waals surface area contributed by atoms with Gasteiger partial charge in [0.2, 0.25) is 0 Å². The van der Waals surface area contributed by atoms with Gasteiger partial charge in [-0.1, -0.05) is 6.07 Å². The number of benzene rings is 1. The van der Waals surface area contributed by atoms with Crippen LogP contribution in [0.2, 0.25) is 0 Å². The molecule has 19 heavy (non-hydrogen) atoms. The summed E-state index contributed by atoms with van der Waals surface area (Å²) in [5.41, 5.74) is 6.62. The molecule has 0 aliphatic rings. The van der Waals surface area contributed by atoms with Crippen molar-refractivity contribution in [3.8, 4) is 11.5 Å². The smallest absolute Gasteiger partial charge is 0.161 e. The largest absolute Gasteiger partial charge is 0.493 e. The van der Waals surface area contributed by atoms with Crippen molar-refractivity contribution in [2.45, 2.75) is 13.0 Å². The molecule has 102 valence electrons. The van der Waals surface area contributed by atoms with Gasteiger partial charge in [0.15, 0.2) is 11.5 Å². The van der Waals surface area contributed by atoms with Gasteiger partial charge in [0, 0.05) is 32.4 Å². The minimum atomic E-state index is 0.490. The Morgan fingerprint density at radius 3 is 2.79 bits per heavy atom. The number of aryl methyl sites for hydroxylation is 1. The molecular weight excluding hydrogens is 242 g/mol. The Kier molecular flexibility index (Phi) is 4.41. The second-order valence-electron chi connectivity index (χ2n) is 4.24. The number of nitrogens with zero attached hydrogens (tertiary/aromatic N) is 2. The molecule has 0 atom stereocenters. The van der Waals surface area contributed by atoms with Gasteiger partial charge in [-0.25, -0.2) is 4.98 Å².